The molecule has 0 spiro atoms. The number of nitrogens with one attached hydrogen (secondary N) is 1. The minimum absolute atomic E-state index is 0.295. The molecule has 0 aliphatic heterocycles. The van der Waals surface area contributed by atoms with Crippen LogP contribution in [0.15, 0.2) is 54.6 Å². The second kappa shape index (κ2) is 9.09. The zero-order valence-electron chi connectivity index (χ0n) is 15.0. The van der Waals surface area contributed by atoms with Crippen molar-refractivity contribution in [3.05, 3.63) is 70.7 Å². The molecule has 3 rings (SSSR count). The molecule has 0 radical (unpaired) electrons. The molecule has 1 heterocycles. The number of hydrogen-bond acceptors (Lipinski definition) is 5. The second-order valence-corrected chi connectivity index (χ2v) is 7.05. The molecule has 1 aromatic heterocycles. The van der Waals surface area contributed by atoms with Crippen LogP contribution in [-0.2, 0) is 20.7 Å². The van der Waals surface area contributed by atoms with Gasteiger partial charge in [0.1, 0.15) is 5.01 Å². The SMILES string of the molecule is Cc1ccccc1CCNC(=O)COC(=O)/C=C/c1nc2ccccc2s1. The van der Waals surface area contributed by atoms with Crippen molar-refractivity contribution in [2.45, 2.75) is 13.3 Å². The number of esters is 1. The number of carbonyl (C=O) groups is 2. The van der Waals surface area contributed by atoms with E-state index in [1.165, 1.54) is 28.5 Å². The number of hydrogen-bond donors (Lipinski definition) is 1. The van der Waals surface area contributed by atoms with Crippen LogP contribution in [0.4, 0.5) is 0 Å². The maximum atomic E-state index is 11.8. The second-order valence-electron chi connectivity index (χ2n) is 5.99. The number of benzene rings is 2. The Morgan fingerprint density at radius 2 is 1.93 bits per heavy atom. The molecule has 6 heteroatoms. The van der Waals surface area contributed by atoms with Crippen molar-refractivity contribution < 1.29 is 14.3 Å². The summed E-state index contributed by atoms with van der Waals surface area (Å²) in [4.78, 5) is 28.0. The Bertz CT molecular complexity index is 945. The fourth-order valence-corrected chi connectivity index (χ4v) is 3.43. The molecule has 1 N–H and O–H groups in total. The fourth-order valence-electron chi connectivity index (χ4n) is 2.56. The number of aromatic nitrogens is 1. The first kappa shape index (κ1) is 18.8. The number of fused-ring (bicyclic) bond motifs is 1. The van der Waals surface area contributed by atoms with Crippen LogP contribution in [0, 0.1) is 6.92 Å². The number of para-hydroxylation sites is 1. The molecule has 0 aliphatic rings. The Morgan fingerprint density at radius 3 is 2.74 bits per heavy atom. The van der Waals surface area contributed by atoms with Crippen LogP contribution in [0.2, 0.25) is 0 Å². The van der Waals surface area contributed by atoms with Gasteiger partial charge < -0.3 is 10.1 Å². The van der Waals surface area contributed by atoms with Crippen molar-refractivity contribution in [2.24, 2.45) is 0 Å². The molecule has 0 saturated heterocycles. The van der Waals surface area contributed by atoms with Gasteiger partial charge in [-0.25, -0.2) is 9.78 Å². The molecule has 5 nitrogen and oxygen atoms in total. The lowest BCUT2D eigenvalue weighted by Crippen LogP contribution is -2.30. The summed E-state index contributed by atoms with van der Waals surface area (Å²) in [5.74, 6) is -0.881. The van der Waals surface area contributed by atoms with Crippen LogP contribution in [0.5, 0.6) is 0 Å². The third-order valence-corrected chi connectivity index (χ3v) is 5.00. The molecule has 138 valence electrons. The lowest BCUT2D eigenvalue weighted by atomic mass is 10.1. The standard InChI is InChI=1S/C21H20N2O3S/c1-15-6-2-3-7-16(15)12-13-22-19(24)14-26-21(25)11-10-20-23-17-8-4-5-9-18(17)27-20/h2-11H,12-14H2,1H3,(H,22,24)/b11-10+. The summed E-state index contributed by atoms with van der Waals surface area (Å²) in [6.45, 7) is 2.25. The van der Waals surface area contributed by atoms with E-state index < -0.39 is 5.97 Å². The van der Waals surface area contributed by atoms with Gasteiger partial charge in [-0.15, -0.1) is 11.3 Å². The molecule has 0 unspecified atom stereocenters. The van der Waals surface area contributed by atoms with E-state index in [2.05, 4.69) is 10.3 Å². The van der Waals surface area contributed by atoms with E-state index in [0.29, 0.717) is 6.54 Å². The third kappa shape index (κ3) is 5.49. The Morgan fingerprint density at radius 1 is 1.15 bits per heavy atom. The fraction of sp³-hybridized carbons (Fsp3) is 0.190. The average molecular weight is 380 g/mol. The summed E-state index contributed by atoms with van der Waals surface area (Å²) in [6, 6.07) is 15.8. The van der Waals surface area contributed by atoms with Crippen molar-refractivity contribution >= 4 is 39.5 Å². The number of ether oxygens (including phenoxy) is 1. The van der Waals surface area contributed by atoms with Gasteiger partial charge in [-0.2, -0.15) is 0 Å². The number of nitrogens with zero attached hydrogens (tertiary/aromatic N) is 1. The van der Waals surface area contributed by atoms with Gasteiger partial charge in [-0.3, -0.25) is 4.79 Å². The molecule has 0 saturated carbocycles. The van der Waals surface area contributed by atoms with Gasteiger partial charge in [-0.05, 0) is 42.7 Å². The number of thiazole rings is 1. The Kier molecular flexibility index (Phi) is 6.33. The Balaban J connectivity index is 1.40. The van der Waals surface area contributed by atoms with Crippen molar-refractivity contribution in [1.29, 1.82) is 0 Å². The molecule has 3 aromatic rings. The van der Waals surface area contributed by atoms with E-state index in [-0.39, 0.29) is 12.5 Å². The highest BCUT2D eigenvalue weighted by Gasteiger charge is 2.06. The zero-order chi connectivity index (χ0) is 19.1. The molecule has 0 fully saturated rings. The minimum atomic E-state index is -0.566. The molecule has 0 aliphatic carbocycles. The number of aryl methyl sites for hydroxylation is 1. The summed E-state index contributed by atoms with van der Waals surface area (Å²) in [5, 5.41) is 3.47. The molecular formula is C21H20N2O3S. The summed E-state index contributed by atoms with van der Waals surface area (Å²) >= 11 is 1.49. The molecule has 0 bridgehead atoms. The lowest BCUT2D eigenvalue weighted by Gasteiger charge is -2.07. The van der Waals surface area contributed by atoms with E-state index in [1.807, 2.05) is 55.5 Å². The summed E-state index contributed by atoms with van der Waals surface area (Å²) in [5.41, 5.74) is 3.27. The van der Waals surface area contributed by atoms with Crippen LogP contribution in [-0.4, -0.2) is 30.0 Å². The summed E-state index contributed by atoms with van der Waals surface area (Å²) < 4.78 is 6.02. The maximum absolute atomic E-state index is 11.8. The van der Waals surface area contributed by atoms with Crippen LogP contribution >= 0.6 is 11.3 Å². The predicted molar refractivity (Wildman–Crippen MR) is 108 cm³/mol. The summed E-state index contributed by atoms with van der Waals surface area (Å²) in [6.07, 6.45) is 3.63. The monoisotopic (exact) mass is 380 g/mol. The van der Waals surface area contributed by atoms with Gasteiger partial charge in [0.25, 0.3) is 5.91 Å². The quantitative estimate of drug-likeness (QED) is 0.503. The highest BCUT2D eigenvalue weighted by Crippen LogP contribution is 2.22. The summed E-state index contributed by atoms with van der Waals surface area (Å²) in [7, 11) is 0. The van der Waals surface area contributed by atoms with Crippen LogP contribution < -0.4 is 5.32 Å². The highest BCUT2D eigenvalue weighted by atomic mass is 32.1. The van der Waals surface area contributed by atoms with Crippen LogP contribution in [0.3, 0.4) is 0 Å². The third-order valence-electron chi connectivity index (χ3n) is 4.00. The molecule has 0 atom stereocenters. The van der Waals surface area contributed by atoms with Crippen molar-refractivity contribution in [3.8, 4) is 0 Å². The van der Waals surface area contributed by atoms with Gasteiger partial charge in [-0.1, -0.05) is 36.4 Å². The predicted octanol–water partition coefficient (Wildman–Crippen LogP) is 3.52. The lowest BCUT2D eigenvalue weighted by molar-refractivity contribution is -0.143. The van der Waals surface area contributed by atoms with E-state index in [1.54, 1.807) is 6.08 Å². The minimum Gasteiger partial charge on any atom is -0.452 e. The first-order chi connectivity index (χ1) is 13.1. The Labute approximate surface area is 161 Å². The Hall–Kier alpha value is -2.99. The van der Waals surface area contributed by atoms with Gasteiger partial charge in [0, 0.05) is 12.6 Å². The molecular weight excluding hydrogens is 360 g/mol. The molecule has 27 heavy (non-hydrogen) atoms. The number of rotatable bonds is 7. The van der Waals surface area contributed by atoms with Crippen LogP contribution in [0.25, 0.3) is 16.3 Å². The van der Waals surface area contributed by atoms with Crippen LogP contribution in [0.1, 0.15) is 16.1 Å². The normalized spacial score (nSPS) is 11.0. The maximum Gasteiger partial charge on any atom is 0.331 e. The van der Waals surface area contributed by atoms with E-state index >= 15 is 0 Å². The van der Waals surface area contributed by atoms with Gasteiger partial charge in [0.15, 0.2) is 6.61 Å². The topological polar surface area (TPSA) is 68.3 Å². The van der Waals surface area contributed by atoms with Crippen molar-refractivity contribution in [3.63, 3.8) is 0 Å². The number of amides is 1. The van der Waals surface area contributed by atoms with E-state index in [4.69, 9.17) is 4.74 Å². The smallest absolute Gasteiger partial charge is 0.331 e. The van der Waals surface area contributed by atoms with E-state index in [9.17, 15) is 9.59 Å². The first-order valence-corrected chi connectivity index (χ1v) is 9.45. The molecule has 2 aromatic carbocycles. The largest absolute Gasteiger partial charge is 0.452 e. The van der Waals surface area contributed by atoms with Gasteiger partial charge in [0.2, 0.25) is 0 Å². The van der Waals surface area contributed by atoms with Gasteiger partial charge >= 0.3 is 5.97 Å². The highest BCUT2D eigenvalue weighted by molar-refractivity contribution is 7.19. The number of carbonyl (C=O) groups excluding carboxylic acids is 2. The first-order valence-electron chi connectivity index (χ1n) is 8.63. The van der Waals surface area contributed by atoms with Gasteiger partial charge in [0.05, 0.1) is 10.2 Å². The molecule has 1 amide bonds. The van der Waals surface area contributed by atoms with E-state index in [0.717, 1.165) is 21.6 Å². The zero-order valence-corrected chi connectivity index (χ0v) is 15.8. The van der Waals surface area contributed by atoms with Crippen molar-refractivity contribution in [1.82, 2.24) is 10.3 Å². The average Bonchev–Trinajstić information content (AvgIpc) is 3.09. The van der Waals surface area contributed by atoms with Crippen molar-refractivity contribution in [2.75, 3.05) is 13.2 Å².